The zero-order chi connectivity index (χ0) is 51.2. The molecule has 4 N–H and O–H groups in total. The topological polar surface area (TPSA) is 183 Å². The number of sulfonamides is 1. The zero-order valence-corrected chi connectivity index (χ0v) is 42.7. The van der Waals surface area contributed by atoms with Gasteiger partial charge in [-0.25, -0.2) is 17.6 Å². The number of amides is 5. The Morgan fingerprint density at radius 2 is 1.56 bits per heavy atom. The number of likely N-dealkylation sites (N-methyl/N-ethyl adjacent to an activating group) is 1. The first-order valence-electron chi connectivity index (χ1n) is 24.1. The van der Waals surface area contributed by atoms with Crippen LogP contribution in [-0.2, 0) is 26.2 Å². The van der Waals surface area contributed by atoms with Crippen molar-refractivity contribution in [1.82, 2.24) is 26.2 Å². The molecule has 2 aliphatic heterocycles. The maximum atomic E-state index is 15.4. The van der Waals surface area contributed by atoms with E-state index in [1.165, 1.54) is 41.3 Å². The molecular formula is C54H60ClFN6O8S2. The maximum absolute atomic E-state index is 15.4. The number of ether oxygens (including phenoxy) is 1. The van der Waals surface area contributed by atoms with E-state index in [2.05, 4.69) is 21.3 Å². The Kier molecular flexibility index (Phi) is 18.7. The minimum atomic E-state index is -4.28. The Hall–Kier alpha value is -6.43. The summed E-state index contributed by atoms with van der Waals surface area (Å²) in [5.74, 6) is -0.488. The molecule has 0 saturated carbocycles. The van der Waals surface area contributed by atoms with Crippen LogP contribution in [0.15, 0.2) is 126 Å². The maximum Gasteiger partial charge on any atom is 0.315 e. The Labute approximate surface area is 429 Å². The molecule has 0 aromatic heterocycles. The SMILES string of the molecule is Cc1ccc(F)c(N(Cc2ccccc2OCCCN(C)C(=O)[C@H](CCCCNC(=O)CCCCC2SCC3NC(=O)NC32)NC(=O)c2ccc(C(=O)c3ccccc3)cc2)S(=O)(=O)c2ccc(Cl)cc2)c1. The summed E-state index contributed by atoms with van der Waals surface area (Å²) < 4.78 is 50.9. The van der Waals surface area contributed by atoms with Crippen molar-refractivity contribution in [1.29, 1.82) is 0 Å². The molecule has 2 heterocycles. The van der Waals surface area contributed by atoms with E-state index in [-0.39, 0.29) is 71.6 Å². The largest absolute Gasteiger partial charge is 0.493 e. The Morgan fingerprint density at radius 1 is 0.847 bits per heavy atom. The number of ketones is 1. The standard InChI is InChI=1S/C54H60ClFN6O8S2/c1-36-20-29-43(56)46(33-36)62(72(68,69)42-27-25-41(55)26-28-42)34-40-15-6-7-17-47(40)70-32-12-31-61(2)53(66)44(58-52(65)39-23-21-38(22-24-39)51(64)37-13-4-3-5-14-37)16-10-11-30-57-49(63)19-9-8-18-48-50-45(35-71-48)59-54(67)60-50/h3-7,13-15,17,20-29,33,44-45,48,50H,8-12,16,18-19,30-32,34-35H2,1-2H3,(H,57,63)(H,58,65)(H2,59,60,67)/t44-,45?,48?,50?/m0/s1. The smallest absolute Gasteiger partial charge is 0.315 e. The Bertz CT molecular complexity index is 2810. The molecule has 5 amide bonds. The number of carbonyl (C=O) groups is 5. The summed E-state index contributed by atoms with van der Waals surface area (Å²) >= 11 is 7.92. The molecule has 2 aliphatic rings. The summed E-state index contributed by atoms with van der Waals surface area (Å²) in [6, 6.07) is 31.2. The molecule has 18 heteroatoms. The lowest BCUT2D eigenvalue weighted by Crippen LogP contribution is -2.47. The first-order valence-corrected chi connectivity index (χ1v) is 27.0. The van der Waals surface area contributed by atoms with E-state index in [1.54, 1.807) is 92.8 Å². The van der Waals surface area contributed by atoms with Crippen LogP contribution in [0.25, 0.3) is 0 Å². The number of unbranched alkanes of at least 4 members (excludes halogenated alkanes) is 2. The molecule has 0 spiro atoms. The number of thioether (sulfide) groups is 1. The van der Waals surface area contributed by atoms with Crippen LogP contribution in [0.5, 0.6) is 5.75 Å². The summed E-state index contributed by atoms with van der Waals surface area (Å²) in [6.45, 7) is 2.29. The van der Waals surface area contributed by atoms with Crippen LogP contribution < -0.4 is 30.3 Å². The van der Waals surface area contributed by atoms with Gasteiger partial charge in [0.05, 0.1) is 35.8 Å². The van der Waals surface area contributed by atoms with Gasteiger partial charge >= 0.3 is 6.03 Å². The van der Waals surface area contributed by atoms with Crippen LogP contribution >= 0.6 is 23.4 Å². The first-order chi connectivity index (χ1) is 34.7. The number of halogens is 2. The van der Waals surface area contributed by atoms with Crippen molar-refractivity contribution >= 4 is 68.6 Å². The molecule has 72 heavy (non-hydrogen) atoms. The lowest BCUT2D eigenvalue weighted by Gasteiger charge is -2.27. The fourth-order valence-electron chi connectivity index (χ4n) is 8.73. The van der Waals surface area contributed by atoms with Crippen molar-refractivity contribution in [2.45, 2.75) is 93.1 Å². The van der Waals surface area contributed by atoms with Gasteiger partial charge in [-0.05, 0) is 106 Å². The van der Waals surface area contributed by atoms with Gasteiger partial charge in [0.15, 0.2) is 5.78 Å². The number of hydrogen-bond donors (Lipinski definition) is 4. The predicted octanol–water partition coefficient (Wildman–Crippen LogP) is 8.45. The van der Waals surface area contributed by atoms with Crippen LogP contribution in [0.4, 0.5) is 14.9 Å². The van der Waals surface area contributed by atoms with Gasteiger partial charge in [-0.1, -0.05) is 84.8 Å². The third-order valence-electron chi connectivity index (χ3n) is 12.7. The molecular weight excluding hydrogens is 979 g/mol. The van der Waals surface area contributed by atoms with Gasteiger partial charge in [-0.2, -0.15) is 11.8 Å². The second-order valence-corrected chi connectivity index (χ2v) is 21.6. The molecule has 0 aliphatic carbocycles. The van der Waals surface area contributed by atoms with Crippen LogP contribution in [0, 0.1) is 12.7 Å². The van der Waals surface area contributed by atoms with Crippen molar-refractivity contribution < 1.29 is 41.5 Å². The number of nitrogens with zero attached hydrogens (tertiary/aromatic N) is 2. The molecule has 0 bridgehead atoms. The van der Waals surface area contributed by atoms with Crippen molar-refractivity contribution in [2.24, 2.45) is 0 Å². The monoisotopic (exact) mass is 1040 g/mol. The van der Waals surface area contributed by atoms with Gasteiger partial charge < -0.3 is 30.9 Å². The molecule has 4 atom stereocenters. The number of nitrogens with one attached hydrogen (secondary N) is 4. The molecule has 7 rings (SSSR count). The van der Waals surface area contributed by atoms with E-state index < -0.39 is 27.8 Å². The van der Waals surface area contributed by atoms with Crippen molar-refractivity contribution in [3.63, 3.8) is 0 Å². The first kappa shape index (κ1) is 53.4. The summed E-state index contributed by atoms with van der Waals surface area (Å²) in [5, 5.41) is 12.5. The fraction of sp³-hybridized carbons (Fsp3) is 0.352. The zero-order valence-electron chi connectivity index (χ0n) is 40.3. The average Bonchev–Trinajstić information content (AvgIpc) is 3.95. The second kappa shape index (κ2) is 25.3. The third kappa shape index (κ3) is 14.2. The number of aryl methyl sites for hydroxylation is 1. The molecule has 380 valence electrons. The number of urea groups is 1. The van der Waals surface area contributed by atoms with E-state index in [1.807, 2.05) is 17.8 Å². The van der Waals surface area contributed by atoms with Gasteiger partial charge in [-0.3, -0.25) is 23.5 Å². The predicted molar refractivity (Wildman–Crippen MR) is 279 cm³/mol. The van der Waals surface area contributed by atoms with Crippen LogP contribution in [0.1, 0.15) is 88.8 Å². The molecule has 14 nitrogen and oxygen atoms in total. The number of anilines is 1. The molecule has 2 saturated heterocycles. The third-order valence-corrected chi connectivity index (χ3v) is 16.2. The van der Waals surface area contributed by atoms with E-state index in [0.29, 0.717) is 76.9 Å². The number of carbonyl (C=O) groups excluding carboxylic acids is 5. The molecule has 0 radical (unpaired) electrons. The fourth-order valence-corrected chi connectivity index (χ4v) is 11.8. The molecule has 3 unspecified atom stereocenters. The Balaban J connectivity index is 0.940. The lowest BCUT2D eigenvalue weighted by atomic mass is 10.0. The van der Waals surface area contributed by atoms with E-state index in [0.717, 1.165) is 29.3 Å². The normalized spacial score (nSPS) is 16.4. The lowest BCUT2D eigenvalue weighted by molar-refractivity contribution is -0.132. The van der Waals surface area contributed by atoms with Crippen molar-refractivity contribution in [2.75, 3.05) is 36.8 Å². The number of hydrogen-bond acceptors (Lipinski definition) is 9. The van der Waals surface area contributed by atoms with E-state index in [9.17, 15) is 32.4 Å². The number of benzene rings is 5. The average molecular weight is 1040 g/mol. The minimum absolute atomic E-state index is 0.0528. The molecule has 5 aromatic rings. The second-order valence-electron chi connectivity index (χ2n) is 18.0. The van der Waals surface area contributed by atoms with E-state index in [4.69, 9.17) is 16.3 Å². The molecule has 2 fully saturated rings. The van der Waals surface area contributed by atoms with Gasteiger partial charge in [-0.15, -0.1) is 0 Å². The van der Waals surface area contributed by atoms with Crippen molar-refractivity contribution in [3.8, 4) is 5.75 Å². The quantitative estimate of drug-likeness (QED) is 0.0253. The van der Waals surface area contributed by atoms with Gasteiger partial charge in [0.2, 0.25) is 11.8 Å². The highest BCUT2D eigenvalue weighted by Gasteiger charge is 2.42. The highest BCUT2D eigenvalue weighted by atomic mass is 35.5. The summed E-state index contributed by atoms with van der Waals surface area (Å²) in [6.07, 6.45) is 4.68. The van der Waals surface area contributed by atoms with Gasteiger partial charge in [0.1, 0.15) is 17.6 Å². The minimum Gasteiger partial charge on any atom is -0.493 e. The van der Waals surface area contributed by atoms with Gasteiger partial charge in [0.25, 0.3) is 15.9 Å². The highest BCUT2D eigenvalue weighted by Crippen LogP contribution is 2.34. The van der Waals surface area contributed by atoms with Crippen LogP contribution in [0.3, 0.4) is 0 Å². The van der Waals surface area contributed by atoms with Gasteiger partial charge in [0, 0.05) is 64.8 Å². The molecule has 5 aromatic carbocycles. The number of fused-ring (bicyclic) bond motifs is 1. The van der Waals surface area contributed by atoms with Crippen LogP contribution in [-0.4, -0.2) is 98.7 Å². The summed E-state index contributed by atoms with van der Waals surface area (Å²) in [7, 11) is -2.65. The number of rotatable bonds is 25. The number of para-hydroxylation sites is 1. The highest BCUT2D eigenvalue weighted by molar-refractivity contribution is 8.00. The van der Waals surface area contributed by atoms with Crippen LogP contribution in [0.2, 0.25) is 5.02 Å². The van der Waals surface area contributed by atoms with Crippen molar-refractivity contribution in [3.05, 3.63) is 160 Å². The summed E-state index contributed by atoms with van der Waals surface area (Å²) in [4.78, 5) is 66.6. The van der Waals surface area contributed by atoms with E-state index >= 15 is 4.39 Å². The Morgan fingerprint density at radius 3 is 2.32 bits per heavy atom. The summed E-state index contributed by atoms with van der Waals surface area (Å²) in [5.41, 5.74) is 2.23.